The first-order chi connectivity index (χ1) is 9.51. The van der Waals surface area contributed by atoms with Gasteiger partial charge in [0.15, 0.2) is 11.5 Å². The predicted molar refractivity (Wildman–Crippen MR) is 70.4 cm³/mol. The molecule has 5 nitrogen and oxygen atoms in total. The number of methoxy groups -OCH3 is 1. The smallest absolute Gasteiger partial charge is 0.303 e. The molecule has 1 aliphatic rings. The molecular weight excluding hydrogens is 265 g/mol. The van der Waals surface area contributed by atoms with Crippen LogP contribution in [0.15, 0.2) is 12.1 Å². The van der Waals surface area contributed by atoms with Gasteiger partial charge in [-0.15, -0.1) is 0 Å². The number of halogens is 1. The van der Waals surface area contributed by atoms with Crippen LogP contribution in [0.3, 0.4) is 0 Å². The van der Waals surface area contributed by atoms with Gasteiger partial charge in [-0.25, -0.2) is 4.39 Å². The van der Waals surface area contributed by atoms with Crippen LogP contribution in [-0.2, 0) is 4.79 Å². The van der Waals surface area contributed by atoms with Gasteiger partial charge in [0.25, 0.3) is 0 Å². The topological polar surface area (TPSA) is 81.8 Å². The van der Waals surface area contributed by atoms with Gasteiger partial charge in [0.05, 0.1) is 13.2 Å². The Morgan fingerprint density at radius 1 is 1.55 bits per heavy atom. The van der Waals surface area contributed by atoms with E-state index in [1.165, 1.54) is 19.2 Å². The van der Waals surface area contributed by atoms with Crippen LogP contribution in [0.2, 0.25) is 0 Å². The van der Waals surface area contributed by atoms with E-state index in [4.69, 9.17) is 20.3 Å². The minimum absolute atomic E-state index is 0.0805. The SMILES string of the molecule is COc1cc(F)cc(C(N)CCC(=O)O)c1OC1CC1. The van der Waals surface area contributed by atoms with Crippen LogP contribution in [0.5, 0.6) is 11.5 Å². The zero-order valence-electron chi connectivity index (χ0n) is 11.3. The second kappa shape index (κ2) is 6.09. The lowest BCUT2D eigenvalue weighted by Gasteiger charge is -2.19. The average Bonchev–Trinajstić information content (AvgIpc) is 3.21. The maximum atomic E-state index is 13.6. The Balaban J connectivity index is 2.27. The Labute approximate surface area is 116 Å². The molecule has 1 fully saturated rings. The third kappa shape index (κ3) is 3.60. The van der Waals surface area contributed by atoms with Crippen molar-refractivity contribution in [2.75, 3.05) is 7.11 Å². The lowest BCUT2D eigenvalue weighted by atomic mass is 10.0. The third-order valence-electron chi connectivity index (χ3n) is 3.15. The van der Waals surface area contributed by atoms with Crippen LogP contribution in [0, 0.1) is 5.82 Å². The summed E-state index contributed by atoms with van der Waals surface area (Å²) in [6, 6.07) is 1.92. The van der Waals surface area contributed by atoms with Gasteiger partial charge in [-0.1, -0.05) is 0 Å². The van der Waals surface area contributed by atoms with E-state index in [0.29, 0.717) is 11.3 Å². The molecule has 0 aromatic heterocycles. The highest BCUT2D eigenvalue weighted by Gasteiger charge is 2.28. The molecule has 0 radical (unpaired) electrons. The van der Waals surface area contributed by atoms with Gasteiger partial charge in [-0.2, -0.15) is 0 Å². The molecule has 1 aliphatic carbocycles. The van der Waals surface area contributed by atoms with Gasteiger partial charge in [-0.3, -0.25) is 4.79 Å². The summed E-state index contributed by atoms with van der Waals surface area (Å²) in [6.07, 6.45) is 2.14. The Kier molecular flexibility index (Phi) is 4.44. The van der Waals surface area contributed by atoms with Gasteiger partial charge in [-0.05, 0) is 25.3 Å². The normalized spacial score (nSPS) is 15.8. The van der Waals surface area contributed by atoms with Crippen molar-refractivity contribution in [2.45, 2.75) is 37.8 Å². The lowest BCUT2D eigenvalue weighted by Crippen LogP contribution is -2.15. The monoisotopic (exact) mass is 283 g/mol. The highest BCUT2D eigenvalue weighted by molar-refractivity contribution is 5.66. The summed E-state index contributed by atoms with van der Waals surface area (Å²) in [7, 11) is 1.43. The Hall–Kier alpha value is -1.82. The largest absolute Gasteiger partial charge is 0.493 e. The van der Waals surface area contributed by atoms with E-state index in [2.05, 4.69) is 0 Å². The molecule has 0 heterocycles. The zero-order chi connectivity index (χ0) is 14.7. The van der Waals surface area contributed by atoms with Crippen molar-refractivity contribution in [3.8, 4) is 11.5 Å². The number of nitrogens with two attached hydrogens (primary N) is 1. The first kappa shape index (κ1) is 14.6. The maximum absolute atomic E-state index is 13.6. The van der Waals surface area contributed by atoms with Crippen LogP contribution < -0.4 is 15.2 Å². The fourth-order valence-electron chi connectivity index (χ4n) is 1.93. The number of carbonyl (C=O) groups is 1. The number of hydrogen-bond acceptors (Lipinski definition) is 4. The molecule has 0 spiro atoms. The van der Waals surface area contributed by atoms with Crippen LogP contribution in [0.4, 0.5) is 4.39 Å². The highest BCUT2D eigenvalue weighted by atomic mass is 19.1. The second-order valence-electron chi connectivity index (χ2n) is 4.88. The molecule has 1 atom stereocenters. The fourth-order valence-corrected chi connectivity index (χ4v) is 1.93. The Morgan fingerprint density at radius 2 is 2.25 bits per heavy atom. The van der Waals surface area contributed by atoms with Gasteiger partial charge >= 0.3 is 5.97 Å². The van der Waals surface area contributed by atoms with Crippen molar-refractivity contribution >= 4 is 5.97 Å². The van der Waals surface area contributed by atoms with Crippen molar-refractivity contribution in [3.63, 3.8) is 0 Å². The van der Waals surface area contributed by atoms with Crippen LogP contribution in [0.1, 0.15) is 37.3 Å². The van der Waals surface area contributed by atoms with Crippen molar-refractivity contribution in [1.29, 1.82) is 0 Å². The highest BCUT2D eigenvalue weighted by Crippen LogP contribution is 2.40. The number of benzene rings is 1. The first-order valence-electron chi connectivity index (χ1n) is 6.52. The molecule has 20 heavy (non-hydrogen) atoms. The molecule has 0 saturated heterocycles. The number of hydrogen-bond donors (Lipinski definition) is 2. The van der Waals surface area contributed by atoms with Gasteiger partial charge in [0.1, 0.15) is 5.82 Å². The van der Waals surface area contributed by atoms with Crippen LogP contribution in [0.25, 0.3) is 0 Å². The van der Waals surface area contributed by atoms with Gasteiger partial charge in [0, 0.05) is 24.1 Å². The summed E-state index contributed by atoms with van der Waals surface area (Å²) >= 11 is 0. The minimum Gasteiger partial charge on any atom is -0.493 e. The summed E-state index contributed by atoms with van der Waals surface area (Å²) in [5.41, 5.74) is 6.42. The van der Waals surface area contributed by atoms with Gasteiger partial charge < -0.3 is 20.3 Å². The third-order valence-corrected chi connectivity index (χ3v) is 3.15. The van der Waals surface area contributed by atoms with E-state index in [9.17, 15) is 9.18 Å². The molecule has 3 N–H and O–H groups in total. The predicted octanol–water partition coefficient (Wildman–Crippen LogP) is 2.24. The second-order valence-corrected chi connectivity index (χ2v) is 4.88. The summed E-state index contributed by atoms with van der Waals surface area (Å²) in [4.78, 5) is 10.6. The maximum Gasteiger partial charge on any atom is 0.303 e. The quantitative estimate of drug-likeness (QED) is 0.802. The summed E-state index contributed by atoms with van der Waals surface area (Å²) in [6.45, 7) is 0. The molecule has 1 unspecified atom stereocenters. The summed E-state index contributed by atoms with van der Waals surface area (Å²) in [5, 5.41) is 8.70. The van der Waals surface area contributed by atoms with E-state index < -0.39 is 17.8 Å². The van der Waals surface area contributed by atoms with Crippen LogP contribution >= 0.6 is 0 Å². The molecular formula is C14H18FNO4. The molecule has 110 valence electrons. The van der Waals surface area contributed by atoms with E-state index in [0.717, 1.165) is 12.8 Å². The lowest BCUT2D eigenvalue weighted by molar-refractivity contribution is -0.137. The first-order valence-corrected chi connectivity index (χ1v) is 6.52. The van der Waals surface area contributed by atoms with E-state index in [-0.39, 0.29) is 24.7 Å². The molecule has 1 saturated carbocycles. The fraction of sp³-hybridized carbons (Fsp3) is 0.500. The number of rotatable bonds is 7. The number of carboxylic acids is 1. The molecule has 1 aromatic rings. The van der Waals surface area contributed by atoms with Crippen molar-refractivity contribution in [1.82, 2.24) is 0 Å². The number of carboxylic acid groups (broad SMARTS) is 1. The van der Waals surface area contributed by atoms with E-state index in [1.807, 2.05) is 0 Å². The molecule has 2 rings (SSSR count). The molecule has 1 aromatic carbocycles. The summed E-state index contributed by atoms with van der Waals surface area (Å²) in [5.74, 6) is -0.703. The van der Waals surface area contributed by atoms with E-state index >= 15 is 0 Å². The molecule has 0 amide bonds. The van der Waals surface area contributed by atoms with Crippen molar-refractivity contribution in [2.24, 2.45) is 5.73 Å². The number of aliphatic carboxylic acids is 1. The minimum atomic E-state index is -0.937. The number of ether oxygens (including phenoxy) is 2. The molecule has 6 heteroatoms. The Bertz CT molecular complexity index is 502. The van der Waals surface area contributed by atoms with Crippen LogP contribution in [-0.4, -0.2) is 24.3 Å². The van der Waals surface area contributed by atoms with Crippen molar-refractivity contribution < 1.29 is 23.8 Å². The van der Waals surface area contributed by atoms with Crippen molar-refractivity contribution in [3.05, 3.63) is 23.5 Å². The Morgan fingerprint density at radius 3 is 2.80 bits per heavy atom. The zero-order valence-corrected chi connectivity index (χ0v) is 11.3. The standard InChI is InChI=1S/C14H18FNO4/c1-19-12-7-8(15)6-10(11(16)4-5-13(17)18)14(12)20-9-2-3-9/h6-7,9,11H,2-5,16H2,1H3,(H,17,18). The summed E-state index contributed by atoms with van der Waals surface area (Å²) < 4.78 is 24.5. The molecule has 0 aliphatic heterocycles. The van der Waals surface area contributed by atoms with Gasteiger partial charge in [0.2, 0.25) is 0 Å². The molecule has 0 bridgehead atoms. The van der Waals surface area contributed by atoms with E-state index in [1.54, 1.807) is 0 Å². The average molecular weight is 283 g/mol.